The molecule has 0 aliphatic heterocycles. The van der Waals surface area contributed by atoms with Crippen LogP contribution in [-0.4, -0.2) is 44.2 Å². The van der Waals surface area contributed by atoms with Crippen LogP contribution in [0.3, 0.4) is 0 Å². The molecule has 4 heteroatoms. The lowest BCUT2D eigenvalue weighted by molar-refractivity contribution is -0.887. The van der Waals surface area contributed by atoms with Gasteiger partial charge in [-0.2, -0.15) is 0 Å². The van der Waals surface area contributed by atoms with Crippen molar-refractivity contribution in [1.29, 1.82) is 0 Å². The van der Waals surface area contributed by atoms with E-state index in [4.69, 9.17) is 4.74 Å². The number of quaternary nitrogens is 1. The minimum Gasteiger partial charge on any atom is -1.00 e. The van der Waals surface area contributed by atoms with Crippen molar-refractivity contribution in [2.24, 2.45) is 0 Å². The molecule has 0 aliphatic rings. The largest absolute Gasteiger partial charge is 1.00 e. The number of likely N-dealkylation sites (N-methyl/N-ethyl adjacent to an activating group) is 1. The second-order valence-corrected chi connectivity index (χ2v) is 4.17. The van der Waals surface area contributed by atoms with Gasteiger partial charge in [0, 0.05) is 6.42 Å². The van der Waals surface area contributed by atoms with Gasteiger partial charge < -0.3 is 26.2 Å². The van der Waals surface area contributed by atoms with E-state index in [0.717, 1.165) is 12.8 Å². The molecule has 1 unspecified atom stereocenters. The first-order valence-electron chi connectivity index (χ1n) is 4.91. The molecule has 3 nitrogen and oxygen atoms in total. The molecule has 0 spiro atoms. The molecule has 86 valence electrons. The van der Waals surface area contributed by atoms with E-state index in [-0.39, 0.29) is 29.0 Å². The van der Waals surface area contributed by atoms with E-state index in [1.807, 2.05) is 28.1 Å². The maximum absolute atomic E-state index is 11.5. The molecule has 14 heavy (non-hydrogen) atoms. The van der Waals surface area contributed by atoms with E-state index >= 15 is 0 Å². The summed E-state index contributed by atoms with van der Waals surface area (Å²) in [5, 5.41) is 0. The average Bonchev–Trinajstić information content (AvgIpc) is 1.98. The molecule has 0 N–H and O–H groups in total. The number of carbonyl (C=O) groups excluding carboxylic acids is 1. The summed E-state index contributed by atoms with van der Waals surface area (Å²) in [6.45, 7) is 4.40. The van der Waals surface area contributed by atoms with Gasteiger partial charge in [-0.05, 0) is 13.3 Å². The number of nitrogens with zero attached hydrogens (tertiary/aromatic N) is 1. The van der Waals surface area contributed by atoms with E-state index < -0.39 is 0 Å². The predicted molar refractivity (Wildman–Crippen MR) is 53.4 cm³/mol. The van der Waals surface area contributed by atoms with Gasteiger partial charge in [0.1, 0.15) is 0 Å². The summed E-state index contributed by atoms with van der Waals surface area (Å²) < 4.78 is 5.67. The van der Waals surface area contributed by atoms with Crippen LogP contribution in [0.5, 0.6) is 0 Å². The third-order valence-electron chi connectivity index (χ3n) is 2.06. The Morgan fingerprint density at radius 1 is 1.29 bits per heavy atom. The van der Waals surface area contributed by atoms with Crippen LogP contribution < -0.4 is 17.0 Å². The monoisotopic (exact) mass is 267 g/mol. The van der Waals surface area contributed by atoms with Crippen LogP contribution in [0.15, 0.2) is 0 Å². The molecule has 0 rings (SSSR count). The highest BCUT2D eigenvalue weighted by atomic mass is 79.9. The number of rotatable bonds is 5. The van der Waals surface area contributed by atoms with Crippen LogP contribution in [0, 0.1) is 0 Å². The Morgan fingerprint density at radius 2 is 1.79 bits per heavy atom. The second kappa shape index (κ2) is 7.23. The van der Waals surface area contributed by atoms with Crippen LogP contribution in [0.4, 0.5) is 0 Å². The van der Waals surface area contributed by atoms with Gasteiger partial charge in [-0.25, -0.2) is 4.79 Å². The quantitative estimate of drug-likeness (QED) is 0.445. The first-order chi connectivity index (χ1) is 5.93. The van der Waals surface area contributed by atoms with Gasteiger partial charge in [-0.15, -0.1) is 0 Å². The van der Waals surface area contributed by atoms with Crippen LogP contribution in [-0.2, 0) is 9.53 Å². The zero-order valence-electron chi connectivity index (χ0n) is 9.84. The number of halogens is 1. The topological polar surface area (TPSA) is 26.3 Å². The Morgan fingerprint density at radius 3 is 2.07 bits per heavy atom. The molecule has 0 amide bonds. The molecule has 0 aromatic heterocycles. The predicted octanol–water partition coefficient (Wildman–Crippen LogP) is -1.57. The fourth-order valence-corrected chi connectivity index (χ4v) is 1.33. The Balaban J connectivity index is 0. The zero-order valence-corrected chi connectivity index (χ0v) is 11.4. The van der Waals surface area contributed by atoms with E-state index in [1.165, 1.54) is 0 Å². The maximum atomic E-state index is 11.5. The van der Waals surface area contributed by atoms with Crippen LogP contribution in [0.2, 0.25) is 0 Å². The SMILES string of the molecule is CCCC(C(=O)OCC)[N+](C)(C)C.[Br-]. The van der Waals surface area contributed by atoms with Gasteiger partial charge in [-0.1, -0.05) is 6.92 Å². The molecular weight excluding hydrogens is 246 g/mol. The van der Waals surface area contributed by atoms with Crippen LogP contribution in [0.1, 0.15) is 26.7 Å². The molecule has 0 fully saturated rings. The fourth-order valence-electron chi connectivity index (χ4n) is 1.33. The van der Waals surface area contributed by atoms with Gasteiger partial charge in [0.25, 0.3) is 0 Å². The third-order valence-corrected chi connectivity index (χ3v) is 2.06. The molecule has 0 radical (unpaired) electrons. The van der Waals surface area contributed by atoms with E-state index in [1.54, 1.807) is 0 Å². The van der Waals surface area contributed by atoms with Crippen LogP contribution >= 0.6 is 0 Å². The lowest BCUT2D eigenvalue weighted by atomic mass is 10.1. The smallest absolute Gasteiger partial charge is 0.364 e. The fraction of sp³-hybridized carbons (Fsp3) is 0.900. The van der Waals surface area contributed by atoms with E-state index in [0.29, 0.717) is 11.1 Å². The standard InChI is InChI=1S/C10H22NO2.BrH/c1-6-8-9(11(3,4)5)10(12)13-7-2;/h9H,6-8H2,1-5H3;1H/q+1;/p-1. The van der Waals surface area contributed by atoms with Crippen molar-refractivity contribution in [2.45, 2.75) is 32.7 Å². The van der Waals surface area contributed by atoms with Crippen molar-refractivity contribution in [1.82, 2.24) is 0 Å². The Bertz CT molecular complexity index is 166. The summed E-state index contributed by atoms with van der Waals surface area (Å²) >= 11 is 0. The molecule has 0 saturated heterocycles. The maximum Gasteiger partial charge on any atom is 0.364 e. The summed E-state index contributed by atoms with van der Waals surface area (Å²) in [6, 6.07) is -0.0232. The molecule has 0 heterocycles. The average molecular weight is 268 g/mol. The van der Waals surface area contributed by atoms with Gasteiger partial charge in [0.2, 0.25) is 0 Å². The molecule has 0 aromatic carbocycles. The van der Waals surface area contributed by atoms with Gasteiger partial charge >= 0.3 is 5.97 Å². The lowest BCUT2D eigenvalue weighted by Crippen LogP contribution is -3.00. The minimum absolute atomic E-state index is 0. The van der Waals surface area contributed by atoms with Crippen molar-refractivity contribution in [2.75, 3.05) is 27.7 Å². The summed E-state index contributed by atoms with van der Waals surface area (Å²) in [4.78, 5) is 11.5. The second-order valence-electron chi connectivity index (χ2n) is 4.17. The minimum atomic E-state index is -0.0724. The summed E-state index contributed by atoms with van der Waals surface area (Å²) in [5.41, 5.74) is 0. The lowest BCUT2D eigenvalue weighted by Gasteiger charge is -2.32. The van der Waals surface area contributed by atoms with E-state index in [2.05, 4.69) is 6.92 Å². The molecule has 0 aliphatic carbocycles. The third kappa shape index (κ3) is 5.60. The van der Waals surface area contributed by atoms with Gasteiger partial charge in [0.05, 0.1) is 27.7 Å². The zero-order chi connectivity index (χ0) is 10.5. The molecular formula is C10H22BrNO2. The number of hydrogen-bond acceptors (Lipinski definition) is 2. The van der Waals surface area contributed by atoms with Gasteiger partial charge in [-0.3, -0.25) is 0 Å². The Hall–Kier alpha value is -0.0900. The van der Waals surface area contributed by atoms with Crippen molar-refractivity contribution >= 4 is 5.97 Å². The number of hydrogen-bond donors (Lipinski definition) is 0. The highest BCUT2D eigenvalue weighted by molar-refractivity contribution is 5.74. The van der Waals surface area contributed by atoms with Gasteiger partial charge in [0.15, 0.2) is 6.04 Å². The Labute approximate surface area is 97.8 Å². The van der Waals surface area contributed by atoms with Crippen LogP contribution in [0.25, 0.3) is 0 Å². The molecule has 0 aromatic rings. The van der Waals surface area contributed by atoms with Crippen molar-refractivity contribution in [3.8, 4) is 0 Å². The van der Waals surface area contributed by atoms with Crippen molar-refractivity contribution < 1.29 is 31.0 Å². The normalized spacial score (nSPS) is 12.9. The summed E-state index contributed by atoms with van der Waals surface area (Å²) in [6.07, 6.45) is 1.90. The summed E-state index contributed by atoms with van der Waals surface area (Å²) in [5.74, 6) is -0.0724. The number of esters is 1. The molecule has 0 bridgehead atoms. The molecule has 1 atom stereocenters. The number of ether oxygens (including phenoxy) is 1. The summed E-state index contributed by atoms with van der Waals surface area (Å²) in [7, 11) is 6.08. The van der Waals surface area contributed by atoms with E-state index in [9.17, 15) is 4.79 Å². The highest BCUT2D eigenvalue weighted by Gasteiger charge is 2.31. The Kier molecular flexibility index (Phi) is 8.45. The first kappa shape index (κ1) is 16.3. The molecule has 0 saturated carbocycles. The van der Waals surface area contributed by atoms with Crippen molar-refractivity contribution in [3.63, 3.8) is 0 Å². The first-order valence-corrected chi connectivity index (χ1v) is 4.91. The van der Waals surface area contributed by atoms with Crippen molar-refractivity contribution in [3.05, 3.63) is 0 Å². The highest BCUT2D eigenvalue weighted by Crippen LogP contribution is 2.11. The number of carbonyl (C=O) groups is 1.